The molecule has 0 aliphatic carbocycles. The van der Waals surface area contributed by atoms with Crippen LogP contribution in [0.4, 0.5) is 0 Å². The van der Waals surface area contributed by atoms with E-state index in [9.17, 15) is 9.59 Å². The summed E-state index contributed by atoms with van der Waals surface area (Å²) in [5.41, 5.74) is 1.10. The molecular formula is C19H20N2O4S. The summed E-state index contributed by atoms with van der Waals surface area (Å²) in [6, 6.07) is 7.28. The molecule has 0 atom stereocenters. The quantitative estimate of drug-likeness (QED) is 0.748. The molecule has 3 aromatic rings. The summed E-state index contributed by atoms with van der Waals surface area (Å²) in [5.74, 6) is 1.04. The molecule has 0 bridgehead atoms. The molecule has 6 nitrogen and oxygen atoms in total. The number of nitrogens with zero attached hydrogens (tertiary/aromatic N) is 1. The van der Waals surface area contributed by atoms with E-state index >= 15 is 0 Å². The molecule has 0 aliphatic heterocycles. The Balaban J connectivity index is 1.90. The Labute approximate surface area is 155 Å². The Kier molecular flexibility index (Phi) is 4.99. The van der Waals surface area contributed by atoms with Crippen LogP contribution in [0.1, 0.15) is 20.8 Å². The number of ether oxygens (including phenoxy) is 2. The molecule has 1 aromatic carbocycles. The van der Waals surface area contributed by atoms with Crippen LogP contribution < -0.4 is 20.3 Å². The van der Waals surface area contributed by atoms with Gasteiger partial charge in [0.25, 0.3) is 11.5 Å². The Morgan fingerprint density at radius 2 is 2.00 bits per heavy atom. The van der Waals surface area contributed by atoms with E-state index in [-0.39, 0.29) is 18.0 Å². The fraction of sp³-hybridized carbons (Fsp3) is 0.263. The summed E-state index contributed by atoms with van der Waals surface area (Å²) in [6.45, 7) is 2.14. The number of rotatable bonds is 5. The van der Waals surface area contributed by atoms with Crippen LogP contribution >= 0.6 is 11.3 Å². The van der Waals surface area contributed by atoms with E-state index in [0.717, 1.165) is 15.1 Å². The van der Waals surface area contributed by atoms with Crippen LogP contribution in [0.15, 0.2) is 35.3 Å². The van der Waals surface area contributed by atoms with Crippen LogP contribution in [0.2, 0.25) is 0 Å². The molecule has 0 aliphatic rings. The largest absolute Gasteiger partial charge is 0.497 e. The summed E-state index contributed by atoms with van der Waals surface area (Å²) in [7, 11) is 4.83. The third-order valence-electron chi connectivity index (χ3n) is 4.26. The van der Waals surface area contributed by atoms with Crippen molar-refractivity contribution in [3.8, 4) is 11.5 Å². The second-order valence-corrected chi connectivity index (χ2v) is 7.12. The highest BCUT2D eigenvalue weighted by atomic mass is 32.1. The minimum atomic E-state index is -0.269. The van der Waals surface area contributed by atoms with Crippen molar-refractivity contribution in [3.63, 3.8) is 0 Å². The van der Waals surface area contributed by atoms with Crippen molar-refractivity contribution in [2.75, 3.05) is 14.2 Å². The average molecular weight is 372 g/mol. The molecular weight excluding hydrogens is 352 g/mol. The molecule has 0 saturated carbocycles. The van der Waals surface area contributed by atoms with E-state index in [4.69, 9.17) is 9.47 Å². The monoisotopic (exact) mass is 372 g/mol. The highest BCUT2D eigenvalue weighted by Gasteiger charge is 2.20. The van der Waals surface area contributed by atoms with Crippen molar-refractivity contribution in [1.29, 1.82) is 0 Å². The number of amides is 1. The van der Waals surface area contributed by atoms with Gasteiger partial charge in [0.05, 0.1) is 25.2 Å². The maximum absolute atomic E-state index is 12.8. The van der Waals surface area contributed by atoms with Gasteiger partial charge in [-0.3, -0.25) is 9.59 Å². The molecule has 0 saturated heterocycles. The van der Waals surface area contributed by atoms with Crippen molar-refractivity contribution in [3.05, 3.63) is 56.8 Å². The number of hydrogen-bond donors (Lipinski definition) is 1. The molecule has 0 unspecified atom stereocenters. The predicted octanol–water partition coefficient (Wildman–Crippen LogP) is 2.86. The first-order chi connectivity index (χ1) is 12.5. The van der Waals surface area contributed by atoms with Crippen molar-refractivity contribution in [2.45, 2.75) is 13.5 Å². The van der Waals surface area contributed by atoms with Gasteiger partial charge < -0.3 is 19.4 Å². The molecule has 1 N–H and O–H groups in total. The molecule has 26 heavy (non-hydrogen) atoms. The van der Waals surface area contributed by atoms with E-state index in [0.29, 0.717) is 22.4 Å². The number of hydrogen-bond acceptors (Lipinski definition) is 5. The zero-order valence-corrected chi connectivity index (χ0v) is 15.9. The number of nitrogens with one attached hydrogen (secondary N) is 1. The normalized spacial score (nSPS) is 10.8. The lowest BCUT2D eigenvalue weighted by atomic mass is 10.1. The first-order valence-corrected chi connectivity index (χ1v) is 8.85. The Morgan fingerprint density at radius 1 is 1.23 bits per heavy atom. The number of benzene rings is 1. The third-order valence-corrected chi connectivity index (χ3v) is 5.33. The number of carbonyl (C=O) groups is 1. The minimum Gasteiger partial charge on any atom is -0.497 e. The van der Waals surface area contributed by atoms with Crippen LogP contribution in [0.25, 0.3) is 10.1 Å². The van der Waals surface area contributed by atoms with Gasteiger partial charge in [0, 0.05) is 41.0 Å². The van der Waals surface area contributed by atoms with Crippen molar-refractivity contribution < 1.29 is 14.3 Å². The van der Waals surface area contributed by atoms with Crippen LogP contribution in [-0.4, -0.2) is 24.7 Å². The fourth-order valence-electron chi connectivity index (χ4n) is 2.85. The van der Waals surface area contributed by atoms with Gasteiger partial charge in [0.1, 0.15) is 11.5 Å². The standard InChI is InChI=1S/C19H20N2O4S/c1-11-16(17-15(26-11)7-8-21(2)19(17)23)18(22)20-10-12-5-6-13(24-3)9-14(12)25-4/h5-9H,10H2,1-4H3,(H,20,22). The zero-order valence-electron chi connectivity index (χ0n) is 15.1. The van der Waals surface area contributed by atoms with Crippen LogP contribution in [-0.2, 0) is 13.6 Å². The van der Waals surface area contributed by atoms with Crippen molar-refractivity contribution >= 4 is 27.3 Å². The van der Waals surface area contributed by atoms with Gasteiger partial charge in [0.2, 0.25) is 0 Å². The summed E-state index contributed by atoms with van der Waals surface area (Å²) in [4.78, 5) is 26.1. The number of aromatic nitrogens is 1. The van der Waals surface area contributed by atoms with E-state index in [1.54, 1.807) is 33.5 Å². The second-order valence-electron chi connectivity index (χ2n) is 5.86. The van der Waals surface area contributed by atoms with E-state index in [1.807, 2.05) is 25.1 Å². The van der Waals surface area contributed by atoms with E-state index in [1.165, 1.54) is 15.9 Å². The number of pyridine rings is 1. The van der Waals surface area contributed by atoms with E-state index < -0.39 is 0 Å². The Hall–Kier alpha value is -2.80. The Morgan fingerprint density at radius 3 is 2.69 bits per heavy atom. The summed E-state index contributed by atoms with van der Waals surface area (Å²) >= 11 is 1.45. The predicted molar refractivity (Wildman–Crippen MR) is 103 cm³/mol. The number of thiophene rings is 1. The number of carbonyl (C=O) groups excluding carboxylic acids is 1. The summed E-state index contributed by atoms with van der Waals surface area (Å²) < 4.78 is 12.8. The second kappa shape index (κ2) is 7.21. The topological polar surface area (TPSA) is 69.6 Å². The fourth-order valence-corrected chi connectivity index (χ4v) is 3.90. The molecule has 7 heteroatoms. The van der Waals surface area contributed by atoms with Gasteiger partial charge in [-0.25, -0.2) is 0 Å². The van der Waals surface area contributed by atoms with Crippen LogP contribution in [0, 0.1) is 6.92 Å². The highest BCUT2D eigenvalue weighted by molar-refractivity contribution is 7.19. The molecule has 2 aromatic heterocycles. The molecule has 2 heterocycles. The number of fused-ring (bicyclic) bond motifs is 1. The average Bonchev–Trinajstić information content (AvgIpc) is 2.99. The maximum Gasteiger partial charge on any atom is 0.259 e. The van der Waals surface area contributed by atoms with Crippen LogP contribution in [0.5, 0.6) is 11.5 Å². The lowest BCUT2D eigenvalue weighted by Gasteiger charge is -2.11. The lowest BCUT2D eigenvalue weighted by molar-refractivity contribution is 0.0952. The summed E-state index contributed by atoms with van der Waals surface area (Å²) in [6.07, 6.45) is 1.71. The maximum atomic E-state index is 12.8. The Bertz CT molecular complexity index is 1040. The van der Waals surface area contributed by atoms with Gasteiger partial charge in [-0.05, 0) is 25.1 Å². The first kappa shape index (κ1) is 18.0. The number of aryl methyl sites for hydroxylation is 2. The highest BCUT2D eigenvalue weighted by Crippen LogP contribution is 2.29. The molecule has 3 rings (SSSR count). The van der Waals surface area contributed by atoms with Crippen molar-refractivity contribution in [1.82, 2.24) is 9.88 Å². The molecule has 1 amide bonds. The van der Waals surface area contributed by atoms with Gasteiger partial charge in [-0.1, -0.05) is 0 Å². The van der Waals surface area contributed by atoms with Gasteiger partial charge in [0.15, 0.2) is 0 Å². The molecule has 0 fully saturated rings. The number of methoxy groups -OCH3 is 2. The molecule has 0 radical (unpaired) electrons. The van der Waals surface area contributed by atoms with Gasteiger partial charge >= 0.3 is 0 Å². The van der Waals surface area contributed by atoms with E-state index in [2.05, 4.69) is 5.32 Å². The minimum absolute atomic E-state index is 0.168. The van der Waals surface area contributed by atoms with Crippen molar-refractivity contribution in [2.24, 2.45) is 7.05 Å². The molecule has 136 valence electrons. The summed E-state index contributed by atoms with van der Waals surface area (Å²) in [5, 5.41) is 3.36. The smallest absolute Gasteiger partial charge is 0.259 e. The van der Waals surface area contributed by atoms with Gasteiger partial charge in [-0.15, -0.1) is 11.3 Å². The molecule has 0 spiro atoms. The zero-order chi connectivity index (χ0) is 18.8. The third kappa shape index (κ3) is 3.17. The first-order valence-electron chi connectivity index (χ1n) is 8.04. The van der Waals surface area contributed by atoms with Gasteiger partial charge in [-0.2, -0.15) is 0 Å². The lowest BCUT2D eigenvalue weighted by Crippen LogP contribution is -2.25. The van der Waals surface area contributed by atoms with Crippen LogP contribution in [0.3, 0.4) is 0 Å². The SMILES string of the molecule is COc1ccc(CNC(=O)c2c(C)sc3ccn(C)c(=O)c23)c(OC)c1.